The lowest BCUT2D eigenvalue weighted by molar-refractivity contribution is -0.142. The summed E-state index contributed by atoms with van der Waals surface area (Å²) < 4.78 is 33.3. The fourth-order valence-corrected chi connectivity index (χ4v) is 3.93. The van der Waals surface area contributed by atoms with Crippen molar-refractivity contribution in [3.8, 4) is 0 Å². The van der Waals surface area contributed by atoms with Crippen molar-refractivity contribution in [2.24, 2.45) is 0 Å². The van der Waals surface area contributed by atoms with Gasteiger partial charge in [0.2, 0.25) is 0 Å². The third kappa shape index (κ3) is 6.07. The van der Waals surface area contributed by atoms with Gasteiger partial charge in [0, 0.05) is 16.6 Å². The molecule has 0 aliphatic rings. The Balaban J connectivity index is 2.11. The van der Waals surface area contributed by atoms with E-state index in [-0.39, 0.29) is 30.0 Å². The number of sulfonamides is 1. The second kappa shape index (κ2) is 9.70. The van der Waals surface area contributed by atoms with E-state index in [4.69, 9.17) is 4.74 Å². The van der Waals surface area contributed by atoms with Crippen LogP contribution in [-0.4, -0.2) is 33.4 Å². The molecule has 0 fully saturated rings. The van der Waals surface area contributed by atoms with Gasteiger partial charge in [-0.3, -0.25) is 14.3 Å². The second-order valence-electron chi connectivity index (χ2n) is 5.93. The summed E-state index contributed by atoms with van der Waals surface area (Å²) in [5.41, 5.74) is 1.48. The summed E-state index contributed by atoms with van der Waals surface area (Å²) in [6.07, 6.45) is 0.0422. The van der Waals surface area contributed by atoms with Crippen LogP contribution in [0.1, 0.15) is 29.3 Å². The van der Waals surface area contributed by atoms with Crippen molar-refractivity contribution < 1.29 is 22.7 Å². The lowest BCUT2D eigenvalue weighted by Crippen LogP contribution is -2.26. The molecule has 0 unspecified atom stereocenters. The summed E-state index contributed by atoms with van der Waals surface area (Å²) in [6, 6.07) is 11.0. The fourth-order valence-electron chi connectivity index (χ4n) is 2.34. The average molecular weight is 469 g/mol. The van der Waals surface area contributed by atoms with E-state index in [0.717, 1.165) is 5.56 Å². The summed E-state index contributed by atoms with van der Waals surface area (Å²) in [5, 5.41) is 2.57. The average Bonchev–Trinajstić information content (AvgIpc) is 2.65. The molecule has 0 atom stereocenters. The van der Waals surface area contributed by atoms with Crippen molar-refractivity contribution in [1.82, 2.24) is 5.32 Å². The molecular weight excluding hydrogens is 448 g/mol. The van der Waals surface area contributed by atoms with Gasteiger partial charge < -0.3 is 10.1 Å². The van der Waals surface area contributed by atoms with Gasteiger partial charge in [-0.15, -0.1) is 0 Å². The number of rotatable bonds is 8. The highest BCUT2D eigenvalue weighted by atomic mass is 79.9. The molecule has 0 aromatic heterocycles. The molecule has 0 spiro atoms. The van der Waals surface area contributed by atoms with Gasteiger partial charge in [0.1, 0.15) is 0 Å². The first kappa shape index (κ1) is 21.9. The van der Waals surface area contributed by atoms with Crippen molar-refractivity contribution in [2.45, 2.75) is 25.2 Å². The second-order valence-corrected chi connectivity index (χ2v) is 8.46. The Morgan fingerprint density at radius 2 is 1.89 bits per heavy atom. The minimum atomic E-state index is -3.88. The van der Waals surface area contributed by atoms with E-state index in [1.54, 1.807) is 19.1 Å². The van der Waals surface area contributed by atoms with E-state index >= 15 is 0 Å². The van der Waals surface area contributed by atoms with E-state index in [2.05, 4.69) is 26.0 Å². The molecule has 0 aliphatic heterocycles. The molecule has 0 saturated carbocycles. The number of carbonyl (C=O) groups excluding carboxylic acids is 2. The van der Waals surface area contributed by atoms with Crippen LogP contribution in [0.25, 0.3) is 0 Å². The zero-order valence-electron chi connectivity index (χ0n) is 15.5. The monoisotopic (exact) mass is 468 g/mol. The van der Waals surface area contributed by atoms with Crippen LogP contribution in [0.4, 0.5) is 5.69 Å². The SMILES string of the molecule is CCOC(=O)CCNC(=O)c1cccc(S(=O)(=O)Nc2cc(C)ccc2Br)c1. The molecule has 7 nitrogen and oxygen atoms in total. The predicted octanol–water partition coefficient (Wildman–Crippen LogP) is 3.24. The van der Waals surface area contributed by atoms with Gasteiger partial charge in [0.15, 0.2) is 0 Å². The summed E-state index contributed by atoms with van der Waals surface area (Å²) in [6.45, 7) is 3.93. The van der Waals surface area contributed by atoms with E-state index in [0.29, 0.717) is 10.2 Å². The molecule has 28 heavy (non-hydrogen) atoms. The lowest BCUT2D eigenvalue weighted by Gasteiger charge is -2.12. The first-order valence-corrected chi connectivity index (χ1v) is 10.8. The molecular formula is C19H21BrN2O5S. The zero-order valence-corrected chi connectivity index (χ0v) is 17.9. The third-order valence-electron chi connectivity index (χ3n) is 3.69. The molecule has 0 bridgehead atoms. The van der Waals surface area contributed by atoms with Crippen LogP contribution in [0.5, 0.6) is 0 Å². The number of ether oxygens (including phenoxy) is 1. The largest absolute Gasteiger partial charge is 0.466 e. The quantitative estimate of drug-likeness (QED) is 0.578. The molecule has 2 aromatic rings. The van der Waals surface area contributed by atoms with Crippen LogP contribution in [0.3, 0.4) is 0 Å². The Labute approximate surface area is 172 Å². The van der Waals surface area contributed by atoms with Gasteiger partial charge in [-0.2, -0.15) is 0 Å². The Morgan fingerprint density at radius 1 is 1.14 bits per heavy atom. The van der Waals surface area contributed by atoms with Crippen LogP contribution in [0.2, 0.25) is 0 Å². The lowest BCUT2D eigenvalue weighted by atomic mass is 10.2. The molecule has 0 aliphatic carbocycles. The van der Waals surface area contributed by atoms with Crippen LogP contribution in [0, 0.1) is 6.92 Å². The number of anilines is 1. The fraction of sp³-hybridized carbons (Fsp3) is 0.263. The maximum atomic E-state index is 12.7. The smallest absolute Gasteiger partial charge is 0.307 e. The zero-order chi connectivity index (χ0) is 20.7. The van der Waals surface area contributed by atoms with Gasteiger partial charge in [-0.25, -0.2) is 8.42 Å². The maximum absolute atomic E-state index is 12.7. The maximum Gasteiger partial charge on any atom is 0.307 e. The molecule has 150 valence electrons. The van der Waals surface area contributed by atoms with Gasteiger partial charge >= 0.3 is 5.97 Å². The molecule has 0 heterocycles. The molecule has 1 amide bonds. The van der Waals surface area contributed by atoms with Crippen molar-refractivity contribution >= 4 is 43.5 Å². The van der Waals surface area contributed by atoms with Gasteiger partial charge in [-0.1, -0.05) is 12.1 Å². The number of aryl methyl sites for hydroxylation is 1. The van der Waals surface area contributed by atoms with Crippen LogP contribution in [0.15, 0.2) is 51.8 Å². The third-order valence-corrected chi connectivity index (χ3v) is 5.75. The predicted molar refractivity (Wildman–Crippen MR) is 110 cm³/mol. The van der Waals surface area contributed by atoms with Gasteiger partial charge in [0.05, 0.1) is 23.6 Å². The number of nitrogens with one attached hydrogen (secondary N) is 2. The first-order valence-electron chi connectivity index (χ1n) is 8.56. The van der Waals surface area contributed by atoms with Crippen LogP contribution < -0.4 is 10.0 Å². The minimum absolute atomic E-state index is 0.0422. The number of amides is 1. The molecule has 2 rings (SSSR count). The number of hydrogen-bond acceptors (Lipinski definition) is 5. The minimum Gasteiger partial charge on any atom is -0.466 e. The van der Waals surface area contributed by atoms with Crippen molar-refractivity contribution in [2.75, 3.05) is 17.9 Å². The standard InChI is InChI=1S/C19H21BrN2O5S/c1-3-27-18(23)9-10-21-19(24)14-5-4-6-15(12-14)28(25,26)22-17-11-13(2)7-8-16(17)20/h4-8,11-12,22H,3,9-10H2,1-2H3,(H,21,24). The van der Waals surface area contributed by atoms with E-state index in [1.165, 1.54) is 24.3 Å². The Bertz CT molecular complexity index is 976. The molecule has 9 heteroatoms. The summed E-state index contributed by atoms with van der Waals surface area (Å²) in [4.78, 5) is 23.5. The molecule has 0 radical (unpaired) electrons. The van der Waals surface area contributed by atoms with E-state index in [1.807, 2.05) is 13.0 Å². The highest BCUT2D eigenvalue weighted by Gasteiger charge is 2.18. The normalized spacial score (nSPS) is 11.0. The number of benzene rings is 2. The molecule has 0 saturated heterocycles. The van der Waals surface area contributed by atoms with Gasteiger partial charge in [-0.05, 0) is 65.7 Å². The van der Waals surface area contributed by atoms with Crippen molar-refractivity contribution in [3.63, 3.8) is 0 Å². The Hall–Kier alpha value is -2.39. The summed E-state index contributed by atoms with van der Waals surface area (Å²) in [5.74, 6) is -0.884. The van der Waals surface area contributed by atoms with Crippen molar-refractivity contribution in [1.29, 1.82) is 0 Å². The Morgan fingerprint density at radius 3 is 2.61 bits per heavy atom. The van der Waals surface area contributed by atoms with E-state index in [9.17, 15) is 18.0 Å². The highest BCUT2D eigenvalue weighted by molar-refractivity contribution is 9.10. The topological polar surface area (TPSA) is 102 Å². The van der Waals surface area contributed by atoms with Crippen LogP contribution in [-0.2, 0) is 19.6 Å². The summed E-state index contributed by atoms with van der Waals surface area (Å²) >= 11 is 3.32. The van der Waals surface area contributed by atoms with Gasteiger partial charge in [0.25, 0.3) is 15.9 Å². The number of hydrogen-bond donors (Lipinski definition) is 2. The number of esters is 1. The number of halogens is 1. The molecule has 2 aromatic carbocycles. The first-order chi connectivity index (χ1) is 13.2. The van der Waals surface area contributed by atoms with Crippen molar-refractivity contribution in [3.05, 3.63) is 58.1 Å². The summed E-state index contributed by atoms with van der Waals surface area (Å²) in [7, 11) is -3.88. The number of carbonyl (C=O) groups is 2. The van der Waals surface area contributed by atoms with E-state index < -0.39 is 21.9 Å². The molecule has 2 N–H and O–H groups in total. The highest BCUT2D eigenvalue weighted by Crippen LogP contribution is 2.26. The van der Waals surface area contributed by atoms with Crippen LogP contribution >= 0.6 is 15.9 Å². The Kier molecular flexibility index (Phi) is 7.59.